The number of furan rings is 1. The molecule has 0 radical (unpaired) electrons. The molecule has 120 valence electrons. The minimum Gasteiger partial charge on any atom is -0.451 e. The first-order valence-electron chi connectivity index (χ1n) is 6.66. The monoisotopic (exact) mass is 344 g/mol. The third kappa shape index (κ3) is 4.22. The van der Waals surface area contributed by atoms with E-state index in [9.17, 15) is 13.2 Å². The second-order valence-corrected chi connectivity index (χ2v) is 7.51. The van der Waals surface area contributed by atoms with Crippen molar-refractivity contribution in [3.63, 3.8) is 0 Å². The molecule has 2 rings (SSSR count). The summed E-state index contributed by atoms with van der Waals surface area (Å²) < 4.78 is 29.1. The van der Waals surface area contributed by atoms with Gasteiger partial charge in [0.1, 0.15) is 5.58 Å². The minimum atomic E-state index is -3.19. The summed E-state index contributed by atoms with van der Waals surface area (Å²) in [5.41, 5.74) is 0.589. The highest BCUT2D eigenvalue weighted by Gasteiger charge is 2.13. The predicted molar refractivity (Wildman–Crippen MR) is 85.6 cm³/mol. The Labute approximate surface area is 134 Å². The van der Waals surface area contributed by atoms with Gasteiger partial charge in [0.15, 0.2) is 5.76 Å². The summed E-state index contributed by atoms with van der Waals surface area (Å²) in [7, 11) is -1.69. The summed E-state index contributed by atoms with van der Waals surface area (Å²) in [6.45, 7) is 0.700. The van der Waals surface area contributed by atoms with Crippen LogP contribution in [0.25, 0.3) is 11.0 Å². The normalized spacial score (nSPS) is 12.0. The molecule has 1 aromatic heterocycles. The summed E-state index contributed by atoms with van der Waals surface area (Å²) in [5.74, 6) is -0.136. The average molecular weight is 345 g/mol. The first-order chi connectivity index (χ1) is 10.3. The Bertz CT molecular complexity index is 785. The molecule has 6 nitrogen and oxygen atoms in total. The van der Waals surface area contributed by atoms with E-state index in [1.54, 1.807) is 24.3 Å². The second-order valence-electron chi connectivity index (χ2n) is 4.99. The van der Waals surface area contributed by atoms with Gasteiger partial charge in [-0.1, -0.05) is 11.6 Å². The van der Waals surface area contributed by atoms with E-state index in [0.717, 1.165) is 11.6 Å². The quantitative estimate of drug-likeness (QED) is 0.814. The molecule has 0 atom stereocenters. The molecule has 1 heterocycles. The number of carbonyl (C=O) groups excluding carboxylic acids is 1. The zero-order chi connectivity index (χ0) is 16.3. The summed E-state index contributed by atoms with van der Waals surface area (Å²) >= 11 is 5.88. The fourth-order valence-electron chi connectivity index (χ4n) is 1.88. The van der Waals surface area contributed by atoms with Gasteiger partial charge in [-0.05, 0) is 30.7 Å². The number of rotatable bonds is 6. The summed E-state index contributed by atoms with van der Waals surface area (Å²) in [4.78, 5) is 12.0. The molecule has 8 heteroatoms. The number of carbonyl (C=O) groups is 1. The zero-order valence-corrected chi connectivity index (χ0v) is 13.9. The molecule has 0 aliphatic heterocycles. The second kappa shape index (κ2) is 6.68. The van der Waals surface area contributed by atoms with Crippen LogP contribution in [0.5, 0.6) is 0 Å². The molecular formula is C14H17ClN2O4S. The van der Waals surface area contributed by atoms with Crippen LogP contribution >= 0.6 is 11.6 Å². The van der Waals surface area contributed by atoms with Crippen molar-refractivity contribution in [3.8, 4) is 0 Å². The Kier molecular flexibility index (Phi) is 5.10. The SMILES string of the molecule is CN(CCCNC(=O)c1cc2cc(Cl)ccc2o1)S(C)(=O)=O. The molecule has 0 saturated heterocycles. The lowest BCUT2D eigenvalue weighted by Crippen LogP contribution is -2.30. The fraction of sp³-hybridized carbons (Fsp3) is 0.357. The van der Waals surface area contributed by atoms with Crippen molar-refractivity contribution in [1.29, 1.82) is 0 Å². The van der Waals surface area contributed by atoms with E-state index in [-0.39, 0.29) is 11.7 Å². The van der Waals surface area contributed by atoms with Crippen molar-refractivity contribution in [3.05, 3.63) is 35.0 Å². The number of sulfonamides is 1. The maximum atomic E-state index is 12.0. The number of hydrogen-bond acceptors (Lipinski definition) is 4. The summed E-state index contributed by atoms with van der Waals surface area (Å²) in [6, 6.07) is 6.74. The van der Waals surface area contributed by atoms with Gasteiger partial charge in [-0.15, -0.1) is 0 Å². The molecule has 2 aromatic rings. The van der Waals surface area contributed by atoms with Gasteiger partial charge in [0.25, 0.3) is 5.91 Å². The lowest BCUT2D eigenvalue weighted by atomic mass is 10.2. The molecule has 1 amide bonds. The van der Waals surface area contributed by atoms with Crippen molar-refractivity contribution >= 4 is 38.5 Å². The highest BCUT2D eigenvalue weighted by Crippen LogP contribution is 2.22. The van der Waals surface area contributed by atoms with E-state index in [1.807, 2.05) is 0 Å². The van der Waals surface area contributed by atoms with Gasteiger partial charge in [-0.2, -0.15) is 0 Å². The number of halogens is 1. The van der Waals surface area contributed by atoms with Crippen molar-refractivity contribution in [2.45, 2.75) is 6.42 Å². The number of amides is 1. The van der Waals surface area contributed by atoms with E-state index in [1.165, 1.54) is 11.4 Å². The standard InChI is InChI=1S/C14H17ClN2O4S/c1-17(22(2,19)20)7-3-6-16-14(18)13-9-10-8-11(15)4-5-12(10)21-13/h4-5,8-9H,3,6-7H2,1-2H3,(H,16,18). The van der Waals surface area contributed by atoms with Crippen LogP contribution in [-0.2, 0) is 10.0 Å². The minimum absolute atomic E-state index is 0.203. The summed E-state index contributed by atoms with van der Waals surface area (Å²) in [5, 5.41) is 4.03. The highest BCUT2D eigenvalue weighted by atomic mass is 35.5. The molecule has 0 aliphatic rings. The third-order valence-electron chi connectivity index (χ3n) is 3.20. The van der Waals surface area contributed by atoms with Gasteiger partial charge in [-0.25, -0.2) is 12.7 Å². The van der Waals surface area contributed by atoms with Gasteiger partial charge in [0.05, 0.1) is 6.26 Å². The Hall–Kier alpha value is -1.57. The Balaban J connectivity index is 1.89. The smallest absolute Gasteiger partial charge is 0.287 e. The fourth-order valence-corrected chi connectivity index (χ4v) is 2.52. The molecule has 0 aliphatic carbocycles. The first-order valence-corrected chi connectivity index (χ1v) is 8.88. The maximum absolute atomic E-state index is 12.0. The molecular weight excluding hydrogens is 328 g/mol. The molecule has 1 aromatic carbocycles. The molecule has 1 N–H and O–H groups in total. The summed E-state index contributed by atoms with van der Waals surface area (Å²) in [6.07, 6.45) is 1.66. The molecule has 22 heavy (non-hydrogen) atoms. The topological polar surface area (TPSA) is 79.6 Å². The number of fused-ring (bicyclic) bond motifs is 1. The lowest BCUT2D eigenvalue weighted by Gasteiger charge is -2.13. The van der Waals surface area contributed by atoms with Gasteiger partial charge in [-0.3, -0.25) is 4.79 Å². The largest absolute Gasteiger partial charge is 0.451 e. The zero-order valence-electron chi connectivity index (χ0n) is 12.3. The Morgan fingerprint density at radius 2 is 2.09 bits per heavy atom. The van der Waals surface area contributed by atoms with Crippen LogP contribution in [0.1, 0.15) is 17.0 Å². The predicted octanol–water partition coefficient (Wildman–Crippen LogP) is 2.10. The third-order valence-corrected chi connectivity index (χ3v) is 4.75. The van der Waals surface area contributed by atoms with Gasteiger partial charge in [0, 0.05) is 30.5 Å². The van der Waals surface area contributed by atoms with Crippen LogP contribution in [0.15, 0.2) is 28.7 Å². The maximum Gasteiger partial charge on any atom is 0.287 e. The molecule has 0 fully saturated rings. The van der Waals surface area contributed by atoms with E-state index in [4.69, 9.17) is 16.0 Å². The molecule has 0 spiro atoms. The Morgan fingerprint density at radius 3 is 2.77 bits per heavy atom. The number of nitrogens with one attached hydrogen (secondary N) is 1. The van der Waals surface area contributed by atoms with Gasteiger partial charge in [0.2, 0.25) is 10.0 Å². The highest BCUT2D eigenvalue weighted by molar-refractivity contribution is 7.88. The lowest BCUT2D eigenvalue weighted by molar-refractivity contribution is 0.0927. The number of nitrogens with zero attached hydrogens (tertiary/aromatic N) is 1. The van der Waals surface area contributed by atoms with E-state index in [2.05, 4.69) is 5.32 Å². The number of benzene rings is 1. The number of hydrogen-bond donors (Lipinski definition) is 1. The van der Waals surface area contributed by atoms with Crippen LogP contribution in [0.4, 0.5) is 0 Å². The van der Waals surface area contributed by atoms with E-state index < -0.39 is 10.0 Å². The average Bonchev–Trinajstić information content (AvgIpc) is 2.85. The molecule has 0 unspecified atom stereocenters. The molecule has 0 bridgehead atoms. The van der Waals surface area contributed by atoms with Crippen molar-refractivity contribution in [2.75, 3.05) is 26.4 Å². The van der Waals surface area contributed by atoms with Crippen molar-refractivity contribution < 1.29 is 17.6 Å². The van der Waals surface area contributed by atoms with Crippen LogP contribution in [0.2, 0.25) is 5.02 Å². The Morgan fingerprint density at radius 1 is 1.36 bits per heavy atom. The molecule has 0 saturated carbocycles. The van der Waals surface area contributed by atoms with Crippen LogP contribution < -0.4 is 5.32 Å². The van der Waals surface area contributed by atoms with Crippen LogP contribution in [-0.4, -0.2) is 45.0 Å². The van der Waals surface area contributed by atoms with Gasteiger partial charge >= 0.3 is 0 Å². The van der Waals surface area contributed by atoms with Crippen molar-refractivity contribution in [1.82, 2.24) is 9.62 Å². The van der Waals surface area contributed by atoms with E-state index in [0.29, 0.717) is 30.1 Å². The van der Waals surface area contributed by atoms with Gasteiger partial charge < -0.3 is 9.73 Å². The first kappa shape index (κ1) is 16.8. The van der Waals surface area contributed by atoms with Crippen LogP contribution in [0, 0.1) is 0 Å². The van der Waals surface area contributed by atoms with Crippen LogP contribution in [0.3, 0.4) is 0 Å². The van der Waals surface area contributed by atoms with E-state index >= 15 is 0 Å². The van der Waals surface area contributed by atoms with Crippen molar-refractivity contribution in [2.24, 2.45) is 0 Å².